The van der Waals surface area contributed by atoms with Gasteiger partial charge in [0.25, 0.3) is 0 Å². The maximum atomic E-state index is 11.6. The molecule has 0 fully saturated rings. The number of anilines is 1. The van der Waals surface area contributed by atoms with E-state index in [0.717, 1.165) is 11.3 Å². The predicted molar refractivity (Wildman–Crippen MR) is 80.2 cm³/mol. The maximum Gasteiger partial charge on any atom is 0.319 e. The first-order valence-electron chi connectivity index (χ1n) is 6.06. The molecule has 0 atom stereocenters. The summed E-state index contributed by atoms with van der Waals surface area (Å²) in [5, 5.41) is 0.486. The zero-order valence-electron chi connectivity index (χ0n) is 11.0. The highest BCUT2D eigenvalue weighted by atomic mass is 35.5. The number of halogens is 1. The number of urea groups is 1. The van der Waals surface area contributed by atoms with Gasteiger partial charge < -0.3 is 10.5 Å². The fourth-order valence-electron chi connectivity index (χ4n) is 1.87. The molecule has 5 heteroatoms. The Kier molecular flexibility index (Phi) is 4.48. The van der Waals surface area contributed by atoms with E-state index in [-0.39, 0.29) is 0 Å². The van der Waals surface area contributed by atoms with E-state index in [9.17, 15) is 4.79 Å². The van der Waals surface area contributed by atoms with Crippen molar-refractivity contribution in [2.24, 2.45) is 5.73 Å². The molecule has 2 aromatic carbocycles. The topological polar surface area (TPSA) is 55.6 Å². The van der Waals surface area contributed by atoms with Crippen LogP contribution in [0.3, 0.4) is 0 Å². The van der Waals surface area contributed by atoms with E-state index in [2.05, 4.69) is 0 Å². The molecule has 4 nitrogen and oxygen atoms in total. The summed E-state index contributed by atoms with van der Waals surface area (Å²) in [7, 11) is 1.61. The van der Waals surface area contributed by atoms with E-state index in [4.69, 9.17) is 22.1 Å². The van der Waals surface area contributed by atoms with Gasteiger partial charge in [-0.1, -0.05) is 35.9 Å². The number of benzene rings is 2. The number of nitrogens with zero attached hydrogens (tertiary/aromatic N) is 1. The molecule has 0 spiro atoms. The van der Waals surface area contributed by atoms with E-state index in [1.54, 1.807) is 25.3 Å². The second kappa shape index (κ2) is 6.30. The second-order valence-corrected chi connectivity index (χ2v) is 4.63. The number of methoxy groups -OCH3 is 1. The zero-order valence-corrected chi connectivity index (χ0v) is 11.8. The Hall–Kier alpha value is -2.20. The lowest BCUT2D eigenvalue weighted by molar-refractivity contribution is 0.253. The summed E-state index contributed by atoms with van der Waals surface area (Å²) in [6.45, 7) is 0.350. The van der Waals surface area contributed by atoms with Crippen LogP contribution in [0, 0.1) is 0 Å². The van der Waals surface area contributed by atoms with Crippen molar-refractivity contribution in [2.45, 2.75) is 6.54 Å². The molecule has 0 saturated heterocycles. The molecular weight excluding hydrogens is 276 g/mol. The van der Waals surface area contributed by atoms with Crippen molar-refractivity contribution in [3.05, 3.63) is 59.1 Å². The van der Waals surface area contributed by atoms with Crippen LogP contribution in [0.5, 0.6) is 5.75 Å². The van der Waals surface area contributed by atoms with E-state index in [0.29, 0.717) is 17.3 Å². The molecule has 2 N–H and O–H groups in total. The number of primary amides is 1. The third-order valence-electron chi connectivity index (χ3n) is 2.91. The third kappa shape index (κ3) is 3.22. The first kappa shape index (κ1) is 14.2. The number of carbonyl (C=O) groups is 1. The standard InChI is InChI=1S/C15H15ClN2O2/c1-20-12-8-6-11(7-9-12)10-18(15(17)19)14-5-3-2-4-13(14)16/h2-9H,10H2,1H3,(H2,17,19). The van der Waals surface area contributed by atoms with Crippen LogP contribution in [-0.4, -0.2) is 13.1 Å². The smallest absolute Gasteiger partial charge is 0.319 e. The summed E-state index contributed by atoms with van der Waals surface area (Å²) in [5.41, 5.74) is 6.97. The van der Waals surface area contributed by atoms with Crippen LogP contribution in [-0.2, 0) is 6.54 Å². The molecule has 0 radical (unpaired) electrons. The first-order chi connectivity index (χ1) is 9.61. The highest BCUT2D eigenvalue weighted by molar-refractivity contribution is 6.33. The Morgan fingerprint density at radius 2 is 1.85 bits per heavy atom. The lowest BCUT2D eigenvalue weighted by Crippen LogP contribution is -2.35. The summed E-state index contributed by atoms with van der Waals surface area (Å²) in [4.78, 5) is 13.1. The van der Waals surface area contributed by atoms with Crippen molar-refractivity contribution in [1.82, 2.24) is 0 Å². The molecule has 2 amide bonds. The maximum absolute atomic E-state index is 11.6. The highest BCUT2D eigenvalue weighted by Gasteiger charge is 2.15. The van der Waals surface area contributed by atoms with Crippen molar-refractivity contribution in [2.75, 3.05) is 12.0 Å². The molecule has 0 bridgehead atoms. The molecule has 104 valence electrons. The number of nitrogens with two attached hydrogens (primary N) is 1. The molecule has 2 rings (SSSR count). The second-order valence-electron chi connectivity index (χ2n) is 4.22. The van der Waals surface area contributed by atoms with Crippen molar-refractivity contribution in [3.63, 3.8) is 0 Å². The molecular formula is C15H15ClN2O2. The van der Waals surface area contributed by atoms with Crippen LogP contribution in [0.15, 0.2) is 48.5 Å². The molecule has 0 aromatic heterocycles. The minimum atomic E-state index is -0.547. The molecule has 0 aliphatic rings. The normalized spacial score (nSPS) is 10.1. The third-order valence-corrected chi connectivity index (χ3v) is 3.23. The Labute approximate surface area is 122 Å². The summed E-state index contributed by atoms with van der Waals surface area (Å²) in [6, 6.07) is 14.0. The van der Waals surface area contributed by atoms with Gasteiger partial charge in [-0.2, -0.15) is 0 Å². The van der Waals surface area contributed by atoms with Crippen LogP contribution in [0.1, 0.15) is 5.56 Å². The number of carbonyl (C=O) groups excluding carboxylic acids is 1. The van der Waals surface area contributed by atoms with E-state index in [1.165, 1.54) is 4.90 Å². The summed E-state index contributed by atoms with van der Waals surface area (Å²) in [5.74, 6) is 0.761. The van der Waals surface area contributed by atoms with Crippen molar-refractivity contribution in [1.29, 1.82) is 0 Å². The quantitative estimate of drug-likeness (QED) is 0.938. The molecule has 0 unspecified atom stereocenters. The van der Waals surface area contributed by atoms with Gasteiger partial charge in [0, 0.05) is 0 Å². The van der Waals surface area contributed by atoms with Crippen molar-refractivity contribution < 1.29 is 9.53 Å². The zero-order chi connectivity index (χ0) is 14.5. The monoisotopic (exact) mass is 290 g/mol. The Bertz CT molecular complexity index is 599. The van der Waals surface area contributed by atoms with Gasteiger partial charge in [0.2, 0.25) is 0 Å². The largest absolute Gasteiger partial charge is 0.497 e. The van der Waals surface area contributed by atoms with Gasteiger partial charge in [-0.15, -0.1) is 0 Å². The number of rotatable bonds is 4. The molecule has 0 saturated carbocycles. The SMILES string of the molecule is COc1ccc(CN(C(N)=O)c2ccccc2Cl)cc1. The summed E-state index contributed by atoms with van der Waals surface area (Å²) >= 11 is 6.11. The van der Waals surface area contributed by atoms with Gasteiger partial charge >= 0.3 is 6.03 Å². The molecule has 0 aliphatic heterocycles. The van der Waals surface area contributed by atoms with E-state index < -0.39 is 6.03 Å². The minimum Gasteiger partial charge on any atom is -0.497 e. The number of amides is 2. The van der Waals surface area contributed by atoms with Crippen molar-refractivity contribution >= 4 is 23.3 Å². The fraction of sp³-hybridized carbons (Fsp3) is 0.133. The van der Waals surface area contributed by atoms with Gasteiger partial charge in [0.05, 0.1) is 24.4 Å². The van der Waals surface area contributed by atoms with Gasteiger partial charge in [-0.05, 0) is 29.8 Å². The van der Waals surface area contributed by atoms with Crippen LogP contribution in [0.2, 0.25) is 5.02 Å². The van der Waals surface area contributed by atoms with Crippen LogP contribution in [0.25, 0.3) is 0 Å². The van der Waals surface area contributed by atoms with Gasteiger partial charge in [0.15, 0.2) is 0 Å². The number of para-hydroxylation sites is 1. The summed E-state index contributed by atoms with van der Waals surface area (Å²) < 4.78 is 5.10. The van der Waals surface area contributed by atoms with Crippen LogP contribution >= 0.6 is 11.6 Å². The average molecular weight is 291 g/mol. The molecule has 2 aromatic rings. The average Bonchev–Trinajstić information content (AvgIpc) is 2.46. The molecule has 0 aliphatic carbocycles. The Morgan fingerprint density at radius 3 is 2.40 bits per heavy atom. The van der Waals surface area contributed by atoms with Crippen molar-refractivity contribution in [3.8, 4) is 5.75 Å². The Balaban J connectivity index is 2.26. The predicted octanol–water partition coefficient (Wildman–Crippen LogP) is 3.43. The number of hydrogen-bond acceptors (Lipinski definition) is 2. The fourth-order valence-corrected chi connectivity index (χ4v) is 2.10. The molecule has 20 heavy (non-hydrogen) atoms. The summed E-state index contributed by atoms with van der Waals surface area (Å²) in [6.07, 6.45) is 0. The number of ether oxygens (including phenoxy) is 1. The van der Waals surface area contributed by atoms with E-state index in [1.807, 2.05) is 30.3 Å². The number of hydrogen-bond donors (Lipinski definition) is 1. The first-order valence-corrected chi connectivity index (χ1v) is 6.44. The van der Waals surface area contributed by atoms with Crippen LogP contribution in [0.4, 0.5) is 10.5 Å². The van der Waals surface area contributed by atoms with Gasteiger partial charge in [-0.25, -0.2) is 4.79 Å². The Morgan fingerprint density at radius 1 is 1.20 bits per heavy atom. The molecule has 0 heterocycles. The van der Waals surface area contributed by atoms with E-state index >= 15 is 0 Å². The lowest BCUT2D eigenvalue weighted by Gasteiger charge is -2.21. The minimum absolute atomic E-state index is 0.350. The van der Waals surface area contributed by atoms with Gasteiger partial charge in [-0.3, -0.25) is 4.90 Å². The van der Waals surface area contributed by atoms with Gasteiger partial charge in [0.1, 0.15) is 5.75 Å². The van der Waals surface area contributed by atoms with Crippen LogP contribution < -0.4 is 15.4 Å². The highest BCUT2D eigenvalue weighted by Crippen LogP contribution is 2.26. The lowest BCUT2D eigenvalue weighted by atomic mass is 10.2.